The lowest BCUT2D eigenvalue weighted by molar-refractivity contribution is -0.886. The number of halogens is 3. The topological polar surface area (TPSA) is 57.2 Å². The summed E-state index contributed by atoms with van der Waals surface area (Å²) < 4.78 is 60.0. The zero-order chi connectivity index (χ0) is 12.9. The molecule has 0 aliphatic heterocycles. The molecule has 0 fully saturated rings. The monoisotopic (exact) mass is 251 g/mol. The highest BCUT2D eigenvalue weighted by Gasteiger charge is 2.36. The minimum Gasteiger partial charge on any atom is -0.741 e. The van der Waals surface area contributed by atoms with Gasteiger partial charge in [-0.25, -0.2) is 8.42 Å². The highest BCUT2D eigenvalue weighted by molar-refractivity contribution is 7.86. The average Bonchev–Trinajstić information content (AvgIpc) is 2.02. The zero-order valence-corrected chi connectivity index (χ0v) is 9.94. The molecule has 0 saturated heterocycles. The summed E-state index contributed by atoms with van der Waals surface area (Å²) in [6, 6.07) is 0. The minimum absolute atomic E-state index is 1.14. The van der Waals surface area contributed by atoms with Crippen LogP contribution in [-0.4, -0.2) is 50.1 Å². The van der Waals surface area contributed by atoms with Gasteiger partial charge < -0.3 is 9.04 Å². The van der Waals surface area contributed by atoms with E-state index in [2.05, 4.69) is 27.9 Å². The highest BCUT2D eigenvalue weighted by atomic mass is 32.2. The number of hydrogen-bond donors (Lipinski definition) is 0. The fourth-order valence-corrected chi connectivity index (χ4v) is 0.224. The third-order valence-electron chi connectivity index (χ3n) is 2.00. The lowest BCUT2D eigenvalue weighted by atomic mass is 10.5. The maximum Gasteiger partial charge on any atom is 0.485 e. The predicted molar refractivity (Wildman–Crippen MR) is 48.9 cm³/mol. The molecule has 0 aromatic rings. The van der Waals surface area contributed by atoms with E-state index < -0.39 is 15.6 Å². The molecule has 0 saturated carbocycles. The minimum atomic E-state index is -6.09. The van der Waals surface area contributed by atoms with Crippen molar-refractivity contribution in [1.29, 1.82) is 0 Å². The van der Waals surface area contributed by atoms with E-state index in [4.69, 9.17) is 13.0 Å². The molecule has 0 heterocycles. The first-order chi connectivity index (χ1) is 6.37. The van der Waals surface area contributed by atoms with Crippen LogP contribution in [0.5, 0.6) is 0 Å². The smallest absolute Gasteiger partial charge is 0.485 e. The van der Waals surface area contributed by atoms with Gasteiger partial charge in [-0.2, -0.15) is 13.2 Å². The number of rotatable bonds is 2. The van der Waals surface area contributed by atoms with Crippen LogP contribution >= 0.6 is 0 Å². The molecule has 0 radical (unpaired) electrons. The molecule has 0 unspecified atom stereocenters. The molecule has 0 atom stereocenters. The van der Waals surface area contributed by atoms with Crippen LogP contribution in [0.4, 0.5) is 13.2 Å². The number of quaternary nitrogens is 1. The van der Waals surface area contributed by atoms with Gasteiger partial charge in [-0.05, 0) is 13.8 Å². The molecule has 0 N–H and O–H groups in total. The van der Waals surface area contributed by atoms with Crippen molar-refractivity contribution in [3.63, 3.8) is 0 Å². The van der Waals surface area contributed by atoms with Crippen LogP contribution in [0, 0.1) is 0 Å². The fourth-order valence-electron chi connectivity index (χ4n) is 0.224. The SMILES string of the molecule is CC[N+](C)(C)CC.O=S(=O)([O-])C(F)(F)F. The Labute approximate surface area is 88.0 Å². The highest BCUT2D eigenvalue weighted by Crippen LogP contribution is 2.20. The molecule has 0 bridgehead atoms. The molecular formula is C7H16F3NO3S. The van der Waals surface area contributed by atoms with E-state index in [1.165, 1.54) is 13.1 Å². The summed E-state index contributed by atoms with van der Waals surface area (Å²) in [6.45, 7) is 6.89. The first-order valence-electron chi connectivity index (χ1n) is 4.21. The van der Waals surface area contributed by atoms with Crippen LogP contribution in [0.3, 0.4) is 0 Å². The van der Waals surface area contributed by atoms with Crippen LogP contribution < -0.4 is 0 Å². The van der Waals surface area contributed by atoms with Crippen molar-refractivity contribution in [2.75, 3.05) is 27.2 Å². The standard InChI is InChI=1S/C6H16N.CHF3O3S/c1-5-7(3,4)6-2;2-1(3,4)8(5,6)7/h5-6H2,1-4H3;(H,5,6,7)/q+1;/p-1. The Hall–Kier alpha value is -0.340. The van der Waals surface area contributed by atoms with E-state index in [-0.39, 0.29) is 0 Å². The lowest BCUT2D eigenvalue weighted by Gasteiger charge is -2.25. The largest absolute Gasteiger partial charge is 0.741 e. The van der Waals surface area contributed by atoms with Crippen molar-refractivity contribution < 1.29 is 30.6 Å². The van der Waals surface area contributed by atoms with Crippen molar-refractivity contribution in [2.45, 2.75) is 19.4 Å². The second-order valence-electron chi connectivity index (χ2n) is 3.47. The maximum absolute atomic E-state index is 10.7. The third kappa shape index (κ3) is 8.64. The van der Waals surface area contributed by atoms with E-state index in [0.29, 0.717) is 0 Å². The molecule has 0 aromatic heterocycles. The summed E-state index contributed by atoms with van der Waals surface area (Å²) in [6.07, 6.45) is 0. The molecule has 0 aliphatic rings. The van der Waals surface area contributed by atoms with E-state index in [9.17, 15) is 13.2 Å². The van der Waals surface area contributed by atoms with Gasteiger partial charge in [0, 0.05) is 0 Å². The second kappa shape index (κ2) is 5.66. The van der Waals surface area contributed by atoms with Crippen LogP contribution in [0.25, 0.3) is 0 Å². The molecule has 94 valence electrons. The van der Waals surface area contributed by atoms with Crippen molar-refractivity contribution >= 4 is 10.1 Å². The predicted octanol–water partition coefficient (Wildman–Crippen LogP) is 1.15. The summed E-state index contributed by atoms with van der Waals surface area (Å²) in [7, 11) is -1.62. The first kappa shape index (κ1) is 17.1. The van der Waals surface area contributed by atoms with Gasteiger partial charge in [-0.1, -0.05) is 0 Å². The maximum atomic E-state index is 10.7. The van der Waals surface area contributed by atoms with Gasteiger partial charge >= 0.3 is 5.51 Å². The molecule has 0 rings (SSSR count). The summed E-state index contributed by atoms with van der Waals surface area (Å²) in [5, 5.41) is 0. The van der Waals surface area contributed by atoms with Gasteiger partial charge in [-0.3, -0.25) is 0 Å². The van der Waals surface area contributed by atoms with Crippen LogP contribution in [0.1, 0.15) is 13.8 Å². The van der Waals surface area contributed by atoms with Crippen LogP contribution in [-0.2, 0) is 10.1 Å². The number of nitrogens with zero attached hydrogens (tertiary/aromatic N) is 1. The number of hydrogen-bond acceptors (Lipinski definition) is 3. The van der Waals surface area contributed by atoms with E-state index in [1.54, 1.807) is 0 Å². The molecular weight excluding hydrogens is 235 g/mol. The van der Waals surface area contributed by atoms with Crippen molar-refractivity contribution in [3.8, 4) is 0 Å². The normalized spacial score (nSPS) is 13.1. The van der Waals surface area contributed by atoms with Crippen molar-refractivity contribution in [1.82, 2.24) is 0 Å². The first-order valence-corrected chi connectivity index (χ1v) is 5.62. The summed E-state index contributed by atoms with van der Waals surface area (Å²) in [4.78, 5) is 0. The Bertz CT molecular complexity index is 266. The molecule has 0 amide bonds. The van der Waals surface area contributed by atoms with Gasteiger partial charge in [0.1, 0.15) is 0 Å². The molecule has 4 nitrogen and oxygen atoms in total. The lowest BCUT2D eigenvalue weighted by Crippen LogP contribution is -2.38. The van der Waals surface area contributed by atoms with Crippen molar-refractivity contribution in [3.05, 3.63) is 0 Å². The quantitative estimate of drug-likeness (QED) is 0.420. The zero-order valence-electron chi connectivity index (χ0n) is 9.13. The Morgan fingerprint density at radius 2 is 1.33 bits per heavy atom. The Balaban J connectivity index is 0. The van der Waals surface area contributed by atoms with Crippen molar-refractivity contribution in [2.24, 2.45) is 0 Å². The van der Waals surface area contributed by atoms with Gasteiger partial charge in [-0.15, -0.1) is 0 Å². The van der Waals surface area contributed by atoms with E-state index >= 15 is 0 Å². The summed E-state index contributed by atoms with van der Waals surface area (Å²) in [5.41, 5.74) is -5.65. The molecule has 0 spiro atoms. The van der Waals surface area contributed by atoms with Gasteiger partial charge in [0.15, 0.2) is 10.1 Å². The summed E-state index contributed by atoms with van der Waals surface area (Å²) >= 11 is 0. The van der Waals surface area contributed by atoms with Crippen LogP contribution in [0.15, 0.2) is 0 Å². The van der Waals surface area contributed by atoms with Gasteiger partial charge in [0.2, 0.25) is 0 Å². The average molecular weight is 251 g/mol. The van der Waals surface area contributed by atoms with Crippen LogP contribution in [0.2, 0.25) is 0 Å². The second-order valence-corrected chi connectivity index (χ2v) is 4.84. The molecule has 8 heteroatoms. The Morgan fingerprint density at radius 3 is 1.33 bits per heavy atom. The number of alkyl halides is 3. The van der Waals surface area contributed by atoms with Gasteiger partial charge in [0.05, 0.1) is 27.2 Å². The molecule has 15 heavy (non-hydrogen) atoms. The molecule has 0 aliphatic carbocycles. The Morgan fingerprint density at radius 1 is 1.13 bits per heavy atom. The summed E-state index contributed by atoms with van der Waals surface area (Å²) in [5.74, 6) is 0. The molecule has 0 aromatic carbocycles. The van der Waals surface area contributed by atoms with E-state index in [0.717, 1.165) is 4.48 Å². The van der Waals surface area contributed by atoms with E-state index in [1.807, 2.05) is 0 Å². The Kier molecular flexibility index (Phi) is 6.45. The third-order valence-corrected chi connectivity index (χ3v) is 2.56. The van der Waals surface area contributed by atoms with Gasteiger partial charge in [0.25, 0.3) is 0 Å². The fraction of sp³-hybridized carbons (Fsp3) is 1.00.